The second kappa shape index (κ2) is 5.80. The number of para-hydroxylation sites is 1. The maximum Gasteiger partial charge on any atom is 0.256 e. The molecular weight excluding hydrogens is 382 g/mol. The zero-order chi connectivity index (χ0) is 17.6. The summed E-state index contributed by atoms with van der Waals surface area (Å²) in [5, 5.41) is 10.4. The monoisotopic (exact) mass is 393 g/mol. The number of hydrogen-bond donors (Lipinski definition) is 2. The molecule has 6 heteroatoms. The van der Waals surface area contributed by atoms with Crippen LogP contribution in [0.2, 0.25) is 0 Å². The van der Waals surface area contributed by atoms with Crippen molar-refractivity contribution in [1.82, 2.24) is 4.98 Å². The van der Waals surface area contributed by atoms with Crippen LogP contribution in [0, 0.1) is 11.3 Å². The minimum absolute atomic E-state index is 0.0199. The number of rotatable bonds is 1. The quantitative estimate of drug-likeness (QED) is 0.661. The summed E-state index contributed by atoms with van der Waals surface area (Å²) in [6, 6.07) is 16.9. The molecule has 122 valence electrons. The molecule has 0 radical (unpaired) electrons. The van der Waals surface area contributed by atoms with E-state index in [-0.39, 0.29) is 17.0 Å². The molecule has 2 heterocycles. The highest BCUT2D eigenvalue weighted by Gasteiger charge is 2.35. The Kier molecular flexibility index (Phi) is 3.59. The van der Waals surface area contributed by atoms with E-state index in [2.05, 4.69) is 27.0 Å². The van der Waals surface area contributed by atoms with Gasteiger partial charge in [0.2, 0.25) is 5.88 Å². The minimum atomic E-state index is -0.599. The van der Waals surface area contributed by atoms with Gasteiger partial charge in [-0.25, -0.2) is 0 Å². The molecule has 4 rings (SSSR count). The predicted octanol–water partition coefficient (Wildman–Crippen LogP) is 3.51. The number of pyridine rings is 1. The molecule has 0 fully saturated rings. The van der Waals surface area contributed by atoms with Crippen molar-refractivity contribution < 1.29 is 4.74 Å². The molecule has 0 amide bonds. The first-order valence-corrected chi connectivity index (χ1v) is 8.38. The summed E-state index contributed by atoms with van der Waals surface area (Å²) in [6.45, 7) is 0. The van der Waals surface area contributed by atoms with Gasteiger partial charge in [-0.2, -0.15) is 5.26 Å². The maximum atomic E-state index is 12.8. The van der Waals surface area contributed by atoms with E-state index in [9.17, 15) is 10.1 Å². The van der Waals surface area contributed by atoms with Crippen LogP contribution in [0.5, 0.6) is 5.75 Å². The van der Waals surface area contributed by atoms with Gasteiger partial charge < -0.3 is 15.5 Å². The molecule has 3 aromatic rings. The van der Waals surface area contributed by atoms with Gasteiger partial charge in [-0.05, 0) is 23.8 Å². The molecule has 0 saturated carbocycles. The highest BCUT2D eigenvalue weighted by atomic mass is 79.9. The van der Waals surface area contributed by atoms with Crippen molar-refractivity contribution in [2.45, 2.75) is 5.92 Å². The van der Waals surface area contributed by atoms with Crippen LogP contribution in [0.3, 0.4) is 0 Å². The van der Waals surface area contributed by atoms with E-state index in [1.807, 2.05) is 42.5 Å². The second-order valence-electron chi connectivity index (χ2n) is 5.69. The lowest BCUT2D eigenvalue weighted by atomic mass is 9.83. The molecule has 0 aliphatic carbocycles. The van der Waals surface area contributed by atoms with Crippen molar-refractivity contribution in [3.05, 3.63) is 85.9 Å². The molecule has 1 aromatic heterocycles. The van der Waals surface area contributed by atoms with Crippen LogP contribution in [0.4, 0.5) is 0 Å². The molecule has 2 aromatic carbocycles. The summed E-state index contributed by atoms with van der Waals surface area (Å²) in [4.78, 5) is 15.7. The number of H-pyrrole nitrogens is 1. The third-order valence-corrected chi connectivity index (χ3v) is 5.02. The Balaban J connectivity index is 2.12. The number of fused-ring (bicyclic) bond motifs is 3. The lowest BCUT2D eigenvalue weighted by Crippen LogP contribution is -2.28. The number of hydrogen-bond acceptors (Lipinski definition) is 4. The Morgan fingerprint density at radius 1 is 1.16 bits per heavy atom. The summed E-state index contributed by atoms with van der Waals surface area (Å²) in [5.41, 5.74) is 7.78. The third-order valence-electron chi connectivity index (χ3n) is 4.30. The minimum Gasteiger partial charge on any atom is -0.439 e. The summed E-state index contributed by atoms with van der Waals surface area (Å²) >= 11 is 3.51. The average Bonchev–Trinajstić information content (AvgIpc) is 2.61. The average molecular weight is 394 g/mol. The first-order valence-electron chi connectivity index (χ1n) is 7.58. The van der Waals surface area contributed by atoms with Gasteiger partial charge in [0.25, 0.3) is 5.56 Å². The van der Waals surface area contributed by atoms with Crippen molar-refractivity contribution in [2.24, 2.45) is 5.73 Å². The van der Waals surface area contributed by atoms with Crippen LogP contribution < -0.4 is 16.0 Å². The Morgan fingerprint density at radius 3 is 2.64 bits per heavy atom. The van der Waals surface area contributed by atoms with Crippen molar-refractivity contribution in [1.29, 1.82) is 5.26 Å². The first kappa shape index (κ1) is 15.5. The Morgan fingerprint density at radius 2 is 1.88 bits per heavy atom. The number of ether oxygens (including phenoxy) is 1. The summed E-state index contributed by atoms with van der Waals surface area (Å²) in [5.74, 6) is -0.180. The molecule has 1 aliphatic rings. The number of nitriles is 1. The van der Waals surface area contributed by atoms with Gasteiger partial charge in [0.05, 0.1) is 17.0 Å². The van der Waals surface area contributed by atoms with Gasteiger partial charge in [0, 0.05) is 9.86 Å². The molecule has 1 unspecified atom stereocenters. The molecule has 0 spiro atoms. The lowest BCUT2D eigenvalue weighted by molar-refractivity contribution is 0.397. The van der Waals surface area contributed by atoms with Crippen LogP contribution in [-0.2, 0) is 0 Å². The fourth-order valence-corrected chi connectivity index (χ4v) is 3.71. The van der Waals surface area contributed by atoms with Crippen molar-refractivity contribution >= 4 is 26.8 Å². The van der Waals surface area contributed by atoms with E-state index in [4.69, 9.17) is 10.5 Å². The number of nitrogens with one attached hydrogen (secondary N) is 1. The predicted molar refractivity (Wildman–Crippen MR) is 98.0 cm³/mol. The number of aromatic nitrogens is 1. The van der Waals surface area contributed by atoms with Crippen LogP contribution in [0.1, 0.15) is 17.0 Å². The van der Waals surface area contributed by atoms with Crippen LogP contribution in [0.15, 0.2) is 69.3 Å². The summed E-state index contributed by atoms with van der Waals surface area (Å²) in [6.07, 6.45) is 0. The van der Waals surface area contributed by atoms with Gasteiger partial charge in [0.15, 0.2) is 0 Å². The Hall–Kier alpha value is -3.04. The van der Waals surface area contributed by atoms with Crippen LogP contribution in [-0.4, -0.2) is 4.98 Å². The first-order chi connectivity index (χ1) is 12.1. The molecule has 1 aliphatic heterocycles. The molecule has 25 heavy (non-hydrogen) atoms. The number of allylic oxidation sites excluding steroid dienone is 1. The fourth-order valence-electron chi connectivity index (χ4n) is 3.19. The van der Waals surface area contributed by atoms with Gasteiger partial charge in [-0.3, -0.25) is 4.79 Å². The number of halogens is 1. The molecule has 0 saturated heterocycles. The van der Waals surface area contributed by atoms with Gasteiger partial charge in [-0.1, -0.05) is 46.3 Å². The third kappa shape index (κ3) is 2.32. The van der Waals surface area contributed by atoms with Gasteiger partial charge >= 0.3 is 0 Å². The van der Waals surface area contributed by atoms with Gasteiger partial charge in [0.1, 0.15) is 17.4 Å². The van der Waals surface area contributed by atoms with E-state index in [1.165, 1.54) is 0 Å². The fraction of sp³-hybridized carbons (Fsp3) is 0.0526. The smallest absolute Gasteiger partial charge is 0.256 e. The zero-order valence-corrected chi connectivity index (χ0v) is 14.5. The number of aromatic amines is 1. The van der Waals surface area contributed by atoms with E-state index in [1.54, 1.807) is 6.07 Å². The summed E-state index contributed by atoms with van der Waals surface area (Å²) < 4.78 is 6.51. The van der Waals surface area contributed by atoms with Crippen molar-refractivity contribution in [3.63, 3.8) is 0 Å². The van der Waals surface area contributed by atoms with Crippen LogP contribution in [0.25, 0.3) is 10.9 Å². The highest BCUT2D eigenvalue weighted by molar-refractivity contribution is 9.10. The maximum absolute atomic E-state index is 12.8. The second-order valence-corrected chi connectivity index (χ2v) is 6.54. The lowest BCUT2D eigenvalue weighted by Gasteiger charge is -2.27. The van der Waals surface area contributed by atoms with E-state index in [0.29, 0.717) is 16.8 Å². The number of nitrogens with two attached hydrogens (primary N) is 1. The van der Waals surface area contributed by atoms with Crippen molar-refractivity contribution in [3.8, 4) is 11.8 Å². The molecular formula is C19H12BrN3O2. The highest BCUT2D eigenvalue weighted by Crippen LogP contribution is 2.44. The zero-order valence-electron chi connectivity index (χ0n) is 12.9. The molecule has 1 atom stereocenters. The summed E-state index contributed by atoms with van der Waals surface area (Å²) in [7, 11) is 0. The SMILES string of the molecule is N#CC1=C(N)Oc2c(c(=O)[nH]c3ccccc23)C1c1ccccc1Br. The largest absolute Gasteiger partial charge is 0.439 e. The van der Waals surface area contributed by atoms with E-state index >= 15 is 0 Å². The van der Waals surface area contributed by atoms with E-state index in [0.717, 1.165) is 15.4 Å². The molecule has 3 N–H and O–H groups in total. The van der Waals surface area contributed by atoms with E-state index < -0.39 is 5.92 Å². The van der Waals surface area contributed by atoms with Crippen LogP contribution >= 0.6 is 15.9 Å². The van der Waals surface area contributed by atoms with Crippen molar-refractivity contribution in [2.75, 3.05) is 0 Å². The number of benzene rings is 2. The Bertz CT molecular complexity index is 1140. The molecule has 5 nitrogen and oxygen atoms in total. The normalized spacial score (nSPS) is 16.2. The Labute approximate surface area is 151 Å². The number of nitrogens with zero attached hydrogens (tertiary/aromatic N) is 1. The molecule has 0 bridgehead atoms. The topological polar surface area (TPSA) is 91.9 Å². The standard InChI is InChI=1S/C19H12BrN3O2/c20-13-7-3-1-5-10(13)15-12(9-21)18(22)25-17-11-6-2-4-8-14(11)23-19(24)16(15)17/h1-8,15H,22H2,(H,23,24). The van der Waals surface area contributed by atoms with Gasteiger partial charge in [-0.15, -0.1) is 0 Å².